The SMILES string of the molecule is CCN(C)C(=O)CNc1cc(OC)ccc1OC. The van der Waals surface area contributed by atoms with E-state index in [0.29, 0.717) is 12.3 Å². The van der Waals surface area contributed by atoms with Crippen molar-refractivity contribution in [3.63, 3.8) is 0 Å². The Morgan fingerprint density at radius 3 is 2.61 bits per heavy atom. The van der Waals surface area contributed by atoms with Gasteiger partial charge in [0.1, 0.15) is 11.5 Å². The van der Waals surface area contributed by atoms with Gasteiger partial charge < -0.3 is 19.7 Å². The van der Waals surface area contributed by atoms with Crippen LogP contribution in [0.5, 0.6) is 11.5 Å². The maximum Gasteiger partial charge on any atom is 0.241 e. The second kappa shape index (κ2) is 6.74. The quantitative estimate of drug-likeness (QED) is 0.835. The van der Waals surface area contributed by atoms with Gasteiger partial charge in [0.15, 0.2) is 0 Å². The largest absolute Gasteiger partial charge is 0.497 e. The Bertz CT molecular complexity index is 407. The summed E-state index contributed by atoms with van der Waals surface area (Å²) in [5, 5.41) is 3.06. The van der Waals surface area contributed by atoms with Gasteiger partial charge in [-0.15, -0.1) is 0 Å². The number of hydrogen-bond acceptors (Lipinski definition) is 4. The third kappa shape index (κ3) is 3.55. The topological polar surface area (TPSA) is 50.8 Å². The average Bonchev–Trinajstić information content (AvgIpc) is 2.43. The summed E-state index contributed by atoms with van der Waals surface area (Å²) in [7, 11) is 4.96. The van der Waals surface area contributed by atoms with Crippen LogP contribution >= 0.6 is 0 Å². The van der Waals surface area contributed by atoms with E-state index >= 15 is 0 Å². The highest BCUT2D eigenvalue weighted by Gasteiger charge is 2.09. The van der Waals surface area contributed by atoms with E-state index in [-0.39, 0.29) is 12.5 Å². The number of likely N-dealkylation sites (N-methyl/N-ethyl adjacent to an activating group) is 1. The molecule has 0 aliphatic rings. The molecule has 5 heteroatoms. The predicted molar refractivity (Wildman–Crippen MR) is 71.3 cm³/mol. The number of anilines is 1. The van der Waals surface area contributed by atoms with Crippen LogP contribution in [-0.2, 0) is 4.79 Å². The van der Waals surface area contributed by atoms with Crippen molar-refractivity contribution < 1.29 is 14.3 Å². The summed E-state index contributed by atoms with van der Waals surface area (Å²) in [4.78, 5) is 13.3. The fourth-order valence-corrected chi connectivity index (χ4v) is 1.43. The molecule has 0 spiro atoms. The Morgan fingerprint density at radius 1 is 1.33 bits per heavy atom. The van der Waals surface area contributed by atoms with Crippen LogP contribution in [0.3, 0.4) is 0 Å². The minimum Gasteiger partial charge on any atom is -0.497 e. The molecule has 0 aromatic heterocycles. The predicted octanol–water partition coefficient (Wildman–Crippen LogP) is 1.59. The number of benzene rings is 1. The number of hydrogen-bond donors (Lipinski definition) is 1. The number of carbonyl (C=O) groups excluding carboxylic acids is 1. The Kier molecular flexibility index (Phi) is 5.30. The molecule has 1 aromatic rings. The molecule has 5 nitrogen and oxygen atoms in total. The molecule has 0 saturated heterocycles. The maximum atomic E-state index is 11.7. The summed E-state index contributed by atoms with van der Waals surface area (Å²) >= 11 is 0. The summed E-state index contributed by atoms with van der Waals surface area (Å²) < 4.78 is 10.4. The van der Waals surface area contributed by atoms with Crippen molar-refractivity contribution >= 4 is 11.6 Å². The van der Waals surface area contributed by atoms with Crippen LogP contribution in [0.2, 0.25) is 0 Å². The zero-order valence-electron chi connectivity index (χ0n) is 11.3. The number of ether oxygens (including phenoxy) is 2. The van der Waals surface area contributed by atoms with Crippen LogP contribution in [0, 0.1) is 0 Å². The molecular weight excluding hydrogens is 232 g/mol. The first-order valence-corrected chi connectivity index (χ1v) is 5.82. The molecule has 0 bridgehead atoms. The van der Waals surface area contributed by atoms with E-state index in [1.165, 1.54) is 0 Å². The van der Waals surface area contributed by atoms with Gasteiger partial charge in [0.05, 0.1) is 26.5 Å². The van der Waals surface area contributed by atoms with Crippen LogP contribution in [0.25, 0.3) is 0 Å². The number of methoxy groups -OCH3 is 2. The van der Waals surface area contributed by atoms with Crippen molar-refractivity contribution in [2.45, 2.75) is 6.92 Å². The van der Waals surface area contributed by atoms with Gasteiger partial charge in [-0.25, -0.2) is 0 Å². The van der Waals surface area contributed by atoms with Crippen molar-refractivity contribution in [3.05, 3.63) is 18.2 Å². The summed E-state index contributed by atoms with van der Waals surface area (Å²) in [5.41, 5.74) is 0.745. The van der Waals surface area contributed by atoms with E-state index in [9.17, 15) is 4.79 Å². The fraction of sp³-hybridized carbons (Fsp3) is 0.462. The second-order valence-electron chi connectivity index (χ2n) is 3.83. The first-order valence-electron chi connectivity index (χ1n) is 5.82. The van der Waals surface area contributed by atoms with Gasteiger partial charge in [0, 0.05) is 19.7 Å². The standard InChI is InChI=1S/C13H20N2O3/c1-5-15(2)13(16)9-14-11-8-10(17-3)6-7-12(11)18-4/h6-8,14H,5,9H2,1-4H3. The van der Waals surface area contributed by atoms with Crippen LogP contribution < -0.4 is 14.8 Å². The normalized spacial score (nSPS) is 9.78. The first-order chi connectivity index (χ1) is 8.62. The molecule has 1 amide bonds. The summed E-state index contributed by atoms with van der Waals surface area (Å²) in [6, 6.07) is 5.41. The second-order valence-corrected chi connectivity index (χ2v) is 3.83. The van der Waals surface area contributed by atoms with E-state index in [1.54, 1.807) is 38.3 Å². The maximum absolute atomic E-state index is 11.7. The molecule has 1 N–H and O–H groups in total. The van der Waals surface area contributed by atoms with Crippen molar-refractivity contribution in [2.24, 2.45) is 0 Å². The lowest BCUT2D eigenvalue weighted by Crippen LogP contribution is -2.31. The van der Waals surface area contributed by atoms with Gasteiger partial charge in [-0.05, 0) is 19.1 Å². The number of rotatable bonds is 6. The molecule has 0 saturated carbocycles. The van der Waals surface area contributed by atoms with Gasteiger partial charge in [0.25, 0.3) is 0 Å². The van der Waals surface area contributed by atoms with Crippen LogP contribution in [0.4, 0.5) is 5.69 Å². The molecule has 0 aliphatic carbocycles. The van der Waals surface area contributed by atoms with Gasteiger partial charge in [-0.2, -0.15) is 0 Å². The third-order valence-corrected chi connectivity index (χ3v) is 2.74. The summed E-state index contributed by atoms with van der Waals surface area (Å²) in [5.74, 6) is 1.43. The Morgan fingerprint density at radius 2 is 2.06 bits per heavy atom. The molecule has 0 heterocycles. The van der Waals surface area contributed by atoms with Crippen LogP contribution in [-0.4, -0.2) is 45.2 Å². The van der Waals surface area contributed by atoms with Gasteiger partial charge >= 0.3 is 0 Å². The molecule has 1 rings (SSSR count). The van der Waals surface area contributed by atoms with Crippen LogP contribution in [0.15, 0.2) is 18.2 Å². The van der Waals surface area contributed by atoms with E-state index in [2.05, 4.69) is 5.32 Å². The first kappa shape index (κ1) is 14.2. The Labute approximate surface area is 108 Å². The van der Waals surface area contributed by atoms with Gasteiger partial charge in [-0.1, -0.05) is 0 Å². The van der Waals surface area contributed by atoms with E-state index in [1.807, 2.05) is 13.0 Å². The molecule has 1 aromatic carbocycles. The van der Waals surface area contributed by atoms with E-state index in [0.717, 1.165) is 11.4 Å². The van der Waals surface area contributed by atoms with Crippen molar-refractivity contribution in [1.29, 1.82) is 0 Å². The smallest absolute Gasteiger partial charge is 0.241 e. The zero-order valence-corrected chi connectivity index (χ0v) is 11.3. The average molecular weight is 252 g/mol. The summed E-state index contributed by atoms with van der Waals surface area (Å²) in [6.45, 7) is 2.85. The Balaban J connectivity index is 2.73. The van der Waals surface area contributed by atoms with E-state index < -0.39 is 0 Å². The lowest BCUT2D eigenvalue weighted by Gasteiger charge is -2.16. The minimum absolute atomic E-state index is 0.0300. The lowest BCUT2D eigenvalue weighted by molar-refractivity contribution is -0.127. The highest BCUT2D eigenvalue weighted by molar-refractivity contribution is 5.81. The molecular formula is C13H20N2O3. The van der Waals surface area contributed by atoms with E-state index in [4.69, 9.17) is 9.47 Å². The van der Waals surface area contributed by atoms with Gasteiger partial charge in [0.2, 0.25) is 5.91 Å². The van der Waals surface area contributed by atoms with Crippen molar-refractivity contribution in [1.82, 2.24) is 4.90 Å². The van der Waals surface area contributed by atoms with Crippen molar-refractivity contribution in [2.75, 3.05) is 39.7 Å². The minimum atomic E-state index is 0.0300. The Hall–Kier alpha value is -1.91. The molecule has 0 aliphatic heterocycles. The molecule has 0 unspecified atom stereocenters. The molecule has 0 fully saturated rings. The highest BCUT2D eigenvalue weighted by Crippen LogP contribution is 2.28. The monoisotopic (exact) mass is 252 g/mol. The fourth-order valence-electron chi connectivity index (χ4n) is 1.43. The summed E-state index contributed by atoms with van der Waals surface area (Å²) in [6.07, 6.45) is 0. The molecule has 0 atom stereocenters. The molecule has 0 radical (unpaired) electrons. The van der Waals surface area contributed by atoms with Crippen LogP contribution in [0.1, 0.15) is 6.92 Å². The third-order valence-electron chi connectivity index (χ3n) is 2.74. The van der Waals surface area contributed by atoms with Crippen molar-refractivity contribution in [3.8, 4) is 11.5 Å². The highest BCUT2D eigenvalue weighted by atomic mass is 16.5. The number of nitrogens with one attached hydrogen (secondary N) is 1. The molecule has 100 valence electrons. The molecule has 18 heavy (non-hydrogen) atoms. The zero-order chi connectivity index (χ0) is 13.5. The van der Waals surface area contributed by atoms with Gasteiger partial charge in [-0.3, -0.25) is 4.79 Å². The number of nitrogens with zero attached hydrogens (tertiary/aromatic N) is 1. The lowest BCUT2D eigenvalue weighted by atomic mass is 10.2. The number of carbonyl (C=O) groups is 1. The number of amides is 1.